The number of hydrogen-bond donors (Lipinski definition) is 1. The fourth-order valence-corrected chi connectivity index (χ4v) is 4.36. The van der Waals surface area contributed by atoms with Crippen molar-refractivity contribution >= 4 is 46.1 Å². The van der Waals surface area contributed by atoms with Crippen molar-refractivity contribution in [1.29, 1.82) is 0 Å². The molecule has 13 nitrogen and oxygen atoms in total. The molecule has 37 heavy (non-hydrogen) atoms. The molecular formula is C23H25N3O10S. The summed E-state index contributed by atoms with van der Waals surface area (Å²) in [4.78, 5) is 68.2. The van der Waals surface area contributed by atoms with Gasteiger partial charge in [-0.3, -0.25) is 29.0 Å². The number of aromatic nitrogens is 2. The minimum atomic E-state index is -1.32. The second kappa shape index (κ2) is 12.4. The SMILES string of the molecule is CC(=O)OC[C@H]1O[C@@H](Nc2ncc(C(=O)c3ccncc3)s2)[C@@H](OC(C)=O)[C@@H](OC(C)=O)[C@@H]1OC(C)=O. The molecule has 0 aliphatic carbocycles. The summed E-state index contributed by atoms with van der Waals surface area (Å²) >= 11 is 1.01. The van der Waals surface area contributed by atoms with Gasteiger partial charge in [-0.15, -0.1) is 0 Å². The monoisotopic (exact) mass is 535 g/mol. The van der Waals surface area contributed by atoms with Crippen LogP contribution in [-0.2, 0) is 42.9 Å². The molecule has 198 valence electrons. The van der Waals surface area contributed by atoms with E-state index in [1.165, 1.54) is 25.5 Å². The zero-order valence-electron chi connectivity index (χ0n) is 20.4. The minimum Gasteiger partial charge on any atom is -0.463 e. The first-order valence-corrected chi connectivity index (χ1v) is 11.8. The number of nitrogens with zero attached hydrogens (tertiary/aromatic N) is 2. The third kappa shape index (κ3) is 7.54. The van der Waals surface area contributed by atoms with Crippen molar-refractivity contribution in [3.05, 3.63) is 41.2 Å². The van der Waals surface area contributed by atoms with Gasteiger partial charge in [0.15, 0.2) is 29.7 Å². The molecule has 1 aliphatic rings. The van der Waals surface area contributed by atoms with Crippen molar-refractivity contribution in [3.8, 4) is 0 Å². The highest BCUT2D eigenvalue weighted by Gasteiger charge is 2.52. The molecule has 0 saturated carbocycles. The number of thiazole rings is 1. The summed E-state index contributed by atoms with van der Waals surface area (Å²) in [5, 5.41) is 3.15. The highest BCUT2D eigenvalue weighted by atomic mass is 32.1. The molecule has 0 radical (unpaired) electrons. The number of pyridine rings is 1. The van der Waals surface area contributed by atoms with E-state index in [4.69, 9.17) is 23.7 Å². The summed E-state index contributed by atoms with van der Waals surface area (Å²) in [6.07, 6.45) is -1.87. The van der Waals surface area contributed by atoms with Gasteiger partial charge in [-0.2, -0.15) is 0 Å². The largest absolute Gasteiger partial charge is 0.463 e. The van der Waals surface area contributed by atoms with Gasteiger partial charge in [0.05, 0.1) is 11.1 Å². The van der Waals surface area contributed by atoms with Gasteiger partial charge in [0.1, 0.15) is 12.7 Å². The van der Waals surface area contributed by atoms with Crippen LogP contribution in [0.4, 0.5) is 5.13 Å². The Morgan fingerprint density at radius 2 is 1.49 bits per heavy atom. The van der Waals surface area contributed by atoms with Crippen LogP contribution in [0.3, 0.4) is 0 Å². The molecule has 14 heteroatoms. The molecule has 5 atom stereocenters. The molecular weight excluding hydrogens is 510 g/mol. The molecule has 0 spiro atoms. The van der Waals surface area contributed by atoms with Gasteiger partial charge < -0.3 is 29.0 Å². The summed E-state index contributed by atoms with van der Waals surface area (Å²) in [6, 6.07) is 3.13. The van der Waals surface area contributed by atoms with Crippen LogP contribution in [0.5, 0.6) is 0 Å². The average molecular weight is 536 g/mol. The van der Waals surface area contributed by atoms with Crippen molar-refractivity contribution in [1.82, 2.24) is 9.97 Å². The molecule has 0 unspecified atom stereocenters. The molecule has 0 aromatic carbocycles. The van der Waals surface area contributed by atoms with Gasteiger partial charge >= 0.3 is 23.9 Å². The molecule has 2 aromatic heterocycles. The molecule has 2 aromatic rings. The van der Waals surface area contributed by atoms with Gasteiger partial charge in [-0.1, -0.05) is 11.3 Å². The smallest absolute Gasteiger partial charge is 0.303 e. The lowest BCUT2D eigenvalue weighted by Crippen LogP contribution is -2.64. The normalized spacial score (nSPS) is 22.9. The van der Waals surface area contributed by atoms with E-state index in [0.29, 0.717) is 10.4 Å². The lowest BCUT2D eigenvalue weighted by molar-refractivity contribution is -0.247. The maximum atomic E-state index is 12.7. The first-order chi connectivity index (χ1) is 17.5. The third-order valence-electron chi connectivity index (χ3n) is 4.93. The van der Waals surface area contributed by atoms with Gasteiger partial charge in [-0.05, 0) is 12.1 Å². The fourth-order valence-electron chi connectivity index (χ4n) is 3.56. The lowest BCUT2D eigenvalue weighted by atomic mass is 9.97. The number of carbonyl (C=O) groups is 5. The standard InChI is InChI=1S/C23H25N3O10S/c1-11(27)32-10-16-19(33-12(2)28)20(34-13(3)29)21(35-14(4)30)22(36-16)26-23-25-9-17(37-23)18(31)15-5-7-24-8-6-15/h5-9,16,19-22H,10H2,1-4H3,(H,25,26)/t16-,19-,20+,21+,22-/m1/s1. The van der Waals surface area contributed by atoms with Crippen LogP contribution >= 0.6 is 11.3 Å². The first kappa shape index (κ1) is 27.7. The molecule has 1 N–H and O–H groups in total. The average Bonchev–Trinajstić information content (AvgIpc) is 3.29. The minimum absolute atomic E-state index is 0.221. The molecule has 0 amide bonds. The highest BCUT2D eigenvalue weighted by Crippen LogP contribution is 2.31. The van der Waals surface area contributed by atoms with E-state index < -0.39 is 54.5 Å². The number of carbonyl (C=O) groups excluding carboxylic acids is 5. The lowest BCUT2D eigenvalue weighted by Gasteiger charge is -2.44. The van der Waals surface area contributed by atoms with Crippen molar-refractivity contribution in [3.63, 3.8) is 0 Å². The quantitative estimate of drug-likeness (QED) is 0.277. The molecule has 3 heterocycles. The Bertz CT molecular complexity index is 1150. The van der Waals surface area contributed by atoms with E-state index in [9.17, 15) is 24.0 Å². The second-order valence-electron chi connectivity index (χ2n) is 7.86. The van der Waals surface area contributed by atoms with E-state index in [1.807, 2.05) is 0 Å². The van der Waals surface area contributed by atoms with E-state index in [0.717, 1.165) is 32.1 Å². The maximum absolute atomic E-state index is 12.7. The van der Waals surface area contributed by atoms with Crippen LogP contribution < -0.4 is 5.32 Å². The molecule has 1 aliphatic heterocycles. The molecule has 1 saturated heterocycles. The molecule has 0 bridgehead atoms. The van der Waals surface area contributed by atoms with Crippen molar-refractivity contribution in [2.24, 2.45) is 0 Å². The summed E-state index contributed by atoms with van der Waals surface area (Å²) in [5.41, 5.74) is 0.414. The highest BCUT2D eigenvalue weighted by molar-refractivity contribution is 7.17. The third-order valence-corrected chi connectivity index (χ3v) is 5.86. The van der Waals surface area contributed by atoms with Crippen LogP contribution in [0.1, 0.15) is 42.9 Å². The maximum Gasteiger partial charge on any atom is 0.303 e. The Labute approximate surface area is 215 Å². The van der Waals surface area contributed by atoms with Crippen LogP contribution in [0.2, 0.25) is 0 Å². The van der Waals surface area contributed by atoms with Crippen LogP contribution in [-0.4, -0.2) is 76.9 Å². The van der Waals surface area contributed by atoms with E-state index in [-0.39, 0.29) is 17.5 Å². The second-order valence-corrected chi connectivity index (χ2v) is 8.89. The Morgan fingerprint density at radius 3 is 2.08 bits per heavy atom. The Balaban J connectivity index is 1.92. The van der Waals surface area contributed by atoms with Crippen LogP contribution in [0, 0.1) is 0 Å². The van der Waals surface area contributed by atoms with Crippen molar-refractivity contribution < 1.29 is 47.7 Å². The fraction of sp³-hybridized carbons (Fsp3) is 0.435. The van der Waals surface area contributed by atoms with Crippen molar-refractivity contribution in [2.75, 3.05) is 11.9 Å². The van der Waals surface area contributed by atoms with Crippen molar-refractivity contribution in [2.45, 2.75) is 58.3 Å². The van der Waals surface area contributed by atoms with Crippen LogP contribution in [0.25, 0.3) is 0 Å². The number of esters is 4. The Morgan fingerprint density at radius 1 is 0.892 bits per heavy atom. The summed E-state index contributed by atoms with van der Waals surface area (Å²) in [7, 11) is 0. The first-order valence-electron chi connectivity index (χ1n) is 11.0. The molecule has 3 rings (SSSR count). The predicted molar refractivity (Wildman–Crippen MR) is 125 cm³/mol. The number of hydrogen-bond acceptors (Lipinski definition) is 14. The summed E-state index contributed by atoms with van der Waals surface area (Å²) < 4.78 is 27.1. The van der Waals surface area contributed by atoms with Gasteiger partial charge in [0.2, 0.25) is 5.78 Å². The molecule has 1 fully saturated rings. The summed E-state index contributed by atoms with van der Waals surface area (Å²) in [5.74, 6) is -3.11. The topological polar surface area (TPSA) is 169 Å². The van der Waals surface area contributed by atoms with E-state index in [2.05, 4.69) is 15.3 Å². The number of nitrogens with one attached hydrogen (secondary N) is 1. The zero-order chi connectivity index (χ0) is 27.1. The van der Waals surface area contributed by atoms with Gasteiger partial charge in [0.25, 0.3) is 0 Å². The summed E-state index contributed by atoms with van der Waals surface area (Å²) in [6.45, 7) is 4.23. The van der Waals surface area contributed by atoms with E-state index >= 15 is 0 Å². The van der Waals surface area contributed by atoms with Crippen LogP contribution in [0.15, 0.2) is 30.7 Å². The van der Waals surface area contributed by atoms with E-state index in [1.54, 1.807) is 12.1 Å². The Hall–Kier alpha value is -3.91. The zero-order valence-corrected chi connectivity index (χ0v) is 21.2. The number of anilines is 1. The predicted octanol–water partition coefficient (Wildman–Crippen LogP) is 1.26. The number of ether oxygens (including phenoxy) is 5. The van der Waals surface area contributed by atoms with Gasteiger partial charge in [0, 0.05) is 45.7 Å². The van der Waals surface area contributed by atoms with Gasteiger partial charge in [-0.25, -0.2) is 4.98 Å². The number of rotatable bonds is 9. The Kier molecular flexibility index (Phi) is 9.25. The number of ketones is 1.